The van der Waals surface area contributed by atoms with E-state index in [1.807, 2.05) is 49.2 Å². The summed E-state index contributed by atoms with van der Waals surface area (Å²) < 4.78 is 5.89. The summed E-state index contributed by atoms with van der Waals surface area (Å²) in [5.41, 5.74) is 0.865. The highest BCUT2D eigenvalue weighted by molar-refractivity contribution is 5.94. The van der Waals surface area contributed by atoms with Gasteiger partial charge in [0.2, 0.25) is 5.91 Å². The van der Waals surface area contributed by atoms with Gasteiger partial charge in [0, 0.05) is 24.4 Å². The van der Waals surface area contributed by atoms with E-state index in [1.54, 1.807) is 0 Å². The Morgan fingerprint density at radius 1 is 1.27 bits per heavy atom. The van der Waals surface area contributed by atoms with Crippen molar-refractivity contribution in [3.05, 3.63) is 36.1 Å². The molecule has 1 aliphatic carbocycles. The highest BCUT2D eigenvalue weighted by Crippen LogP contribution is 2.26. The van der Waals surface area contributed by atoms with Crippen molar-refractivity contribution in [2.45, 2.75) is 51.1 Å². The number of nitrogens with zero attached hydrogens (tertiary/aromatic N) is 1. The van der Waals surface area contributed by atoms with Crippen molar-refractivity contribution in [1.82, 2.24) is 15.5 Å². The van der Waals surface area contributed by atoms with Gasteiger partial charge in [0.15, 0.2) is 0 Å². The molecule has 3 amide bonds. The predicted molar refractivity (Wildman–Crippen MR) is 101 cm³/mol. The van der Waals surface area contributed by atoms with E-state index in [0.29, 0.717) is 6.54 Å². The molecule has 6 nitrogen and oxygen atoms in total. The Morgan fingerprint density at radius 2 is 2.00 bits per heavy atom. The second kappa shape index (κ2) is 8.36. The minimum Gasteiger partial charge on any atom is -0.459 e. The van der Waals surface area contributed by atoms with Crippen molar-refractivity contribution in [1.29, 1.82) is 0 Å². The second-order valence-electron chi connectivity index (χ2n) is 7.10. The number of nitrogens with one attached hydrogen (secondary N) is 2. The fourth-order valence-electron chi connectivity index (χ4n) is 3.38. The molecule has 0 aliphatic heterocycles. The lowest BCUT2D eigenvalue weighted by Gasteiger charge is -2.22. The molecule has 1 aromatic heterocycles. The summed E-state index contributed by atoms with van der Waals surface area (Å²) in [7, 11) is 1.95. The maximum Gasteiger partial charge on any atom is 0.321 e. The number of hydrogen-bond acceptors (Lipinski definition) is 4. The molecular formula is C20H27N3O3. The summed E-state index contributed by atoms with van der Waals surface area (Å²) >= 11 is 0. The van der Waals surface area contributed by atoms with E-state index in [-0.39, 0.29) is 30.4 Å². The smallest absolute Gasteiger partial charge is 0.321 e. The standard InChI is InChI=1S/C20H27N3O3/c1-14(18-13-15-7-3-6-10-17(15)26-18)23(2)12-11-19(24)22-20(25)21-16-8-4-5-9-16/h3,6-7,10,13-14,16H,4-5,8-9,11-12H2,1-2H3,(H2,21,22,24,25). The second-order valence-corrected chi connectivity index (χ2v) is 7.10. The van der Waals surface area contributed by atoms with Gasteiger partial charge >= 0.3 is 6.03 Å². The highest BCUT2D eigenvalue weighted by atomic mass is 16.3. The molecule has 1 aromatic carbocycles. The number of benzene rings is 1. The first-order valence-electron chi connectivity index (χ1n) is 9.32. The van der Waals surface area contributed by atoms with Crippen LogP contribution in [0.5, 0.6) is 0 Å². The molecule has 2 aromatic rings. The lowest BCUT2D eigenvalue weighted by Crippen LogP contribution is -2.44. The molecule has 1 unspecified atom stereocenters. The topological polar surface area (TPSA) is 74.6 Å². The van der Waals surface area contributed by atoms with Gasteiger partial charge < -0.3 is 9.73 Å². The Hall–Kier alpha value is -2.34. The van der Waals surface area contributed by atoms with Crippen molar-refractivity contribution < 1.29 is 14.0 Å². The van der Waals surface area contributed by atoms with E-state index >= 15 is 0 Å². The van der Waals surface area contributed by atoms with Crippen molar-refractivity contribution in [3.63, 3.8) is 0 Å². The predicted octanol–water partition coefficient (Wildman–Crippen LogP) is 3.58. The summed E-state index contributed by atoms with van der Waals surface area (Å²) in [5.74, 6) is 0.609. The number of carbonyl (C=O) groups is 2. The number of amides is 3. The van der Waals surface area contributed by atoms with Crippen LogP contribution in [0.2, 0.25) is 0 Å². The molecule has 2 N–H and O–H groups in total. The molecule has 1 atom stereocenters. The van der Waals surface area contributed by atoms with Crippen molar-refractivity contribution in [2.75, 3.05) is 13.6 Å². The molecule has 1 aliphatic rings. The Bertz CT molecular complexity index is 732. The van der Waals surface area contributed by atoms with Crippen LogP contribution >= 0.6 is 0 Å². The van der Waals surface area contributed by atoms with Crippen molar-refractivity contribution in [2.24, 2.45) is 0 Å². The number of fused-ring (bicyclic) bond motifs is 1. The fraction of sp³-hybridized carbons (Fsp3) is 0.500. The van der Waals surface area contributed by atoms with E-state index in [1.165, 1.54) is 0 Å². The van der Waals surface area contributed by atoms with Crippen LogP contribution in [0.15, 0.2) is 34.7 Å². The first-order chi connectivity index (χ1) is 12.5. The van der Waals surface area contributed by atoms with E-state index in [2.05, 4.69) is 10.6 Å². The molecule has 26 heavy (non-hydrogen) atoms. The first kappa shape index (κ1) is 18.5. The maximum atomic E-state index is 12.0. The maximum absolute atomic E-state index is 12.0. The normalized spacial score (nSPS) is 16.1. The van der Waals surface area contributed by atoms with Gasteiger partial charge in [-0.25, -0.2) is 4.79 Å². The van der Waals surface area contributed by atoms with Crippen LogP contribution in [0.4, 0.5) is 4.79 Å². The van der Waals surface area contributed by atoms with Crippen LogP contribution in [-0.2, 0) is 4.79 Å². The summed E-state index contributed by atoms with van der Waals surface area (Å²) in [5, 5.41) is 6.36. The summed E-state index contributed by atoms with van der Waals surface area (Å²) in [6.07, 6.45) is 4.55. The van der Waals surface area contributed by atoms with Gasteiger partial charge in [-0.05, 0) is 38.9 Å². The molecule has 0 bridgehead atoms. The molecule has 0 saturated heterocycles. The zero-order valence-electron chi connectivity index (χ0n) is 15.5. The van der Waals surface area contributed by atoms with Crippen molar-refractivity contribution >= 4 is 22.9 Å². The Morgan fingerprint density at radius 3 is 2.73 bits per heavy atom. The number of rotatable bonds is 6. The lowest BCUT2D eigenvalue weighted by molar-refractivity contribution is -0.120. The van der Waals surface area contributed by atoms with E-state index < -0.39 is 0 Å². The average Bonchev–Trinajstić information content (AvgIpc) is 3.27. The molecule has 3 rings (SSSR count). The van der Waals surface area contributed by atoms with Gasteiger partial charge in [-0.1, -0.05) is 31.0 Å². The molecule has 0 radical (unpaired) electrons. The molecular weight excluding hydrogens is 330 g/mol. The van der Waals surface area contributed by atoms with Gasteiger partial charge in [-0.3, -0.25) is 15.0 Å². The number of para-hydroxylation sites is 1. The zero-order valence-corrected chi connectivity index (χ0v) is 15.5. The number of furan rings is 1. The molecule has 0 spiro atoms. The third kappa shape index (κ3) is 4.64. The monoisotopic (exact) mass is 357 g/mol. The van der Waals surface area contributed by atoms with Crippen LogP contribution in [0, 0.1) is 0 Å². The van der Waals surface area contributed by atoms with Gasteiger partial charge in [0.05, 0.1) is 6.04 Å². The Balaban J connectivity index is 1.45. The molecule has 1 heterocycles. The third-order valence-electron chi connectivity index (χ3n) is 5.15. The minimum atomic E-state index is -0.380. The van der Waals surface area contributed by atoms with Crippen LogP contribution < -0.4 is 10.6 Å². The molecule has 6 heteroatoms. The number of urea groups is 1. The highest BCUT2D eigenvalue weighted by Gasteiger charge is 2.20. The molecule has 1 saturated carbocycles. The quantitative estimate of drug-likeness (QED) is 0.829. The summed E-state index contributed by atoms with van der Waals surface area (Å²) in [6.45, 7) is 2.59. The molecule has 1 fully saturated rings. The Labute approximate surface area is 153 Å². The van der Waals surface area contributed by atoms with Crippen LogP contribution in [0.1, 0.15) is 50.8 Å². The Kier molecular flexibility index (Phi) is 5.93. The van der Waals surface area contributed by atoms with Gasteiger partial charge in [-0.15, -0.1) is 0 Å². The summed E-state index contributed by atoms with van der Waals surface area (Å²) in [4.78, 5) is 25.9. The number of carbonyl (C=O) groups excluding carboxylic acids is 2. The zero-order chi connectivity index (χ0) is 18.5. The van der Waals surface area contributed by atoms with Crippen molar-refractivity contribution in [3.8, 4) is 0 Å². The minimum absolute atomic E-state index is 0.0440. The van der Waals surface area contributed by atoms with Crippen LogP contribution in [0.3, 0.4) is 0 Å². The largest absolute Gasteiger partial charge is 0.459 e. The van der Waals surface area contributed by atoms with Gasteiger partial charge in [-0.2, -0.15) is 0 Å². The first-order valence-corrected chi connectivity index (χ1v) is 9.32. The van der Waals surface area contributed by atoms with Crippen LogP contribution in [-0.4, -0.2) is 36.5 Å². The molecule has 140 valence electrons. The van der Waals surface area contributed by atoms with Gasteiger partial charge in [0.1, 0.15) is 11.3 Å². The fourth-order valence-corrected chi connectivity index (χ4v) is 3.38. The van der Waals surface area contributed by atoms with E-state index in [9.17, 15) is 9.59 Å². The SMILES string of the molecule is CC(c1cc2ccccc2o1)N(C)CCC(=O)NC(=O)NC1CCCC1. The van der Waals surface area contributed by atoms with Gasteiger partial charge in [0.25, 0.3) is 0 Å². The lowest BCUT2D eigenvalue weighted by atomic mass is 10.2. The average molecular weight is 357 g/mol. The number of imide groups is 1. The van der Waals surface area contributed by atoms with E-state index in [4.69, 9.17) is 4.42 Å². The summed E-state index contributed by atoms with van der Waals surface area (Å²) in [6, 6.07) is 9.80. The number of hydrogen-bond donors (Lipinski definition) is 2. The third-order valence-corrected chi connectivity index (χ3v) is 5.15. The van der Waals surface area contributed by atoms with E-state index in [0.717, 1.165) is 42.4 Å². The van der Waals surface area contributed by atoms with Crippen LogP contribution in [0.25, 0.3) is 11.0 Å².